The van der Waals surface area contributed by atoms with E-state index >= 15 is 0 Å². The van der Waals surface area contributed by atoms with E-state index in [1.807, 2.05) is 24.3 Å². The Balaban J connectivity index is 1.37. The molecule has 3 heterocycles. The number of anilines is 1. The lowest BCUT2D eigenvalue weighted by Crippen LogP contribution is -2.45. The number of fused-ring (bicyclic) bond motifs is 1. The number of carbonyl (C=O) groups excluding carboxylic acids is 1. The third kappa shape index (κ3) is 2.92. The first kappa shape index (κ1) is 14.6. The van der Waals surface area contributed by atoms with Crippen LogP contribution in [-0.2, 0) is 0 Å². The number of hydrogen-bond donors (Lipinski definition) is 2. The number of H-pyrrole nitrogens is 1. The summed E-state index contributed by atoms with van der Waals surface area (Å²) in [6, 6.07) is 7.49. The van der Waals surface area contributed by atoms with Gasteiger partial charge in [-0.15, -0.1) is 0 Å². The molecular formula is C17H18N6O. The van der Waals surface area contributed by atoms with Crippen LogP contribution in [0.3, 0.4) is 0 Å². The minimum absolute atomic E-state index is 0.0408. The van der Waals surface area contributed by atoms with Gasteiger partial charge in [-0.2, -0.15) is 0 Å². The van der Waals surface area contributed by atoms with Gasteiger partial charge in [0, 0.05) is 37.1 Å². The molecule has 0 aliphatic carbocycles. The Kier molecular flexibility index (Phi) is 3.82. The smallest absolute Gasteiger partial charge is 0.251 e. The van der Waals surface area contributed by atoms with Crippen molar-refractivity contribution in [3.8, 4) is 0 Å². The van der Waals surface area contributed by atoms with E-state index in [-0.39, 0.29) is 11.9 Å². The molecular weight excluding hydrogens is 304 g/mol. The summed E-state index contributed by atoms with van der Waals surface area (Å²) in [6.07, 6.45) is 6.91. The third-order valence-electron chi connectivity index (χ3n) is 4.35. The number of nitrogens with one attached hydrogen (secondary N) is 2. The molecule has 2 N–H and O–H groups in total. The summed E-state index contributed by atoms with van der Waals surface area (Å²) >= 11 is 0. The zero-order valence-corrected chi connectivity index (χ0v) is 13.1. The largest absolute Gasteiger partial charge is 0.349 e. The molecule has 1 aromatic carbocycles. The van der Waals surface area contributed by atoms with Gasteiger partial charge in [-0.05, 0) is 37.1 Å². The summed E-state index contributed by atoms with van der Waals surface area (Å²) in [6.45, 7) is 1.68. The van der Waals surface area contributed by atoms with Crippen LogP contribution in [0.1, 0.15) is 23.2 Å². The molecule has 0 atom stereocenters. The van der Waals surface area contributed by atoms with Crippen LogP contribution < -0.4 is 10.2 Å². The first-order chi connectivity index (χ1) is 11.8. The molecule has 0 bridgehead atoms. The lowest BCUT2D eigenvalue weighted by atomic mass is 10.0. The first-order valence-electron chi connectivity index (χ1n) is 8.05. The average Bonchev–Trinajstić information content (AvgIpc) is 3.11. The molecule has 122 valence electrons. The topological polar surface area (TPSA) is 86.8 Å². The van der Waals surface area contributed by atoms with Crippen LogP contribution in [0.15, 0.2) is 43.0 Å². The summed E-state index contributed by atoms with van der Waals surface area (Å²) in [5.74, 6) is 0.716. The lowest BCUT2D eigenvalue weighted by Gasteiger charge is -2.32. The van der Waals surface area contributed by atoms with Crippen LogP contribution in [0.25, 0.3) is 11.0 Å². The Labute approximate surface area is 139 Å². The average molecular weight is 322 g/mol. The second kappa shape index (κ2) is 6.27. The molecule has 0 spiro atoms. The number of aromatic nitrogens is 4. The van der Waals surface area contributed by atoms with Gasteiger partial charge in [0.15, 0.2) is 0 Å². The van der Waals surface area contributed by atoms with E-state index in [1.165, 1.54) is 0 Å². The van der Waals surface area contributed by atoms with Gasteiger partial charge in [0.1, 0.15) is 0 Å². The zero-order valence-electron chi connectivity index (χ0n) is 13.1. The molecule has 2 aromatic heterocycles. The molecule has 0 unspecified atom stereocenters. The Hall–Kier alpha value is -2.96. The predicted molar refractivity (Wildman–Crippen MR) is 90.8 cm³/mol. The standard InChI is InChI=1S/C17H18N6O/c24-16(12-2-3-14-15(10-12)21-11-20-14)22-13-4-8-23(9-5-13)17-18-6-1-7-19-17/h1-3,6-7,10-11,13H,4-5,8-9H2,(H,20,21)(H,22,24). The fourth-order valence-corrected chi connectivity index (χ4v) is 3.02. The van der Waals surface area contributed by atoms with Crippen molar-refractivity contribution in [1.82, 2.24) is 25.3 Å². The highest BCUT2D eigenvalue weighted by atomic mass is 16.1. The van der Waals surface area contributed by atoms with E-state index in [9.17, 15) is 4.79 Å². The Morgan fingerprint density at radius 3 is 2.75 bits per heavy atom. The van der Waals surface area contributed by atoms with E-state index in [1.54, 1.807) is 18.7 Å². The number of benzene rings is 1. The SMILES string of the molecule is O=C(NC1CCN(c2ncccn2)CC1)c1ccc2nc[nH]c2c1. The number of rotatable bonds is 3. The van der Waals surface area contributed by atoms with Crippen molar-refractivity contribution in [2.24, 2.45) is 0 Å². The molecule has 24 heavy (non-hydrogen) atoms. The fourth-order valence-electron chi connectivity index (χ4n) is 3.02. The maximum atomic E-state index is 12.4. The van der Waals surface area contributed by atoms with E-state index in [4.69, 9.17) is 0 Å². The van der Waals surface area contributed by atoms with Crippen LogP contribution >= 0.6 is 0 Å². The van der Waals surface area contributed by atoms with Crippen LogP contribution in [-0.4, -0.2) is 45.0 Å². The Bertz CT molecular complexity index is 838. The number of amides is 1. The maximum Gasteiger partial charge on any atom is 0.251 e. The Morgan fingerprint density at radius 1 is 1.17 bits per heavy atom. The summed E-state index contributed by atoms with van der Waals surface area (Å²) in [5, 5.41) is 3.12. The van der Waals surface area contributed by atoms with Gasteiger partial charge in [-0.3, -0.25) is 4.79 Å². The second-order valence-corrected chi connectivity index (χ2v) is 5.92. The number of carbonyl (C=O) groups is 1. The molecule has 7 heteroatoms. The first-order valence-corrected chi connectivity index (χ1v) is 8.05. The zero-order chi connectivity index (χ0) is 16.4. The van der Waals surface area contributed by atoms with Gasteiger partial charge >= 0.3 is 0 Å². The second-order valence-electron chi connectivity index (χ2n) is 5.92. The predicted octanol–water partition coefficient (Wildman–Crippen LogP) is 1.75. The van der Waals surface area contributed by atoms with Crippen LogP contribution in [0.5, 0.6) is 0 Å². The summed E-state index contributed by atoms with van der Waals surface area (Å²) < 4.78 is 0. The molecule has 3 aromatic rings. The number of nitrogens with zero attached hydrogens (tertiary/aromatic N) is 4. The van der Waals surface area contributed by atoms with Gasteiger partial charge < -0.3 is 15.2 Å². The molecule has 0 radical (unpaired) electrons. The minimum atomic E-state index is -0.0408. The minimum Gasteiger partial charge on any atom is -0.349 e. The summed E-state index contributed by atoms with van der Waals surface area (Å²) in [4.78, 5) is 30.4. The number of hydrogen-bond acceptors (Lipinski definition) is 5. The van der Waals surface area contributed by atoms with Gasteiger partial charge in [0.25, 0.3) is 5.91 Å². The number of piperidine rings is 1. The van der Waals surface area contributed by atoms with Crippen molar-refractivity contribution in [2.45, 2.75) is 18.9 Å². The number of aromatic amines is 1. The van der Waals surface area contributed by atoms with Gasteiger partial charge in [0.2, 0.25) is 5.95 Å². The molecule has 1 amide bonds. The van der Waals surface area contributed by atoms with Crippen molar-refractivity contribution in [2.75, 3.05) is 18.0 Å². The van der Waals surface area contributed by atoms with Crippen LogP contribution in [0, 0.1) is 0 Å². The molecule has 1 aliphatic heterocycles. The fraction of sp³-hybridized carbons (Fsp3) is 0.294. The summed E-state index contributed by atoms with van der Waals surface area (Å²) in [7, 11) is 0. The monoisotopic (exact) mass is 322 g/mol. The van der Waals surface area contributed by atoms with Gasteiger partial charge in [-0.25, -0.2) is 15.0 Å². The Morgan fingerprint density at radius 2 is 1.96 bits per heavy atom. The van der Waals surface area contributed by atoms with Gasteiger partial charge in [0.05, 0.1) is 17.4 Å². The third-order valence-corrected chi connectivity index (χ3v) is 4.35. The molecule has 1 fully saturated rings. The molecule has 7 nitrogen and oxygen atoms in total. The van der Waals surface area contributed by atoms with E-state index in [0.29, 0.717) is 5.56 Å². The molecule has 0 saturated carbocycles. The van der Waals surface area contributed by atoms with Crippen LogP contribution in [0.4, 0.5) is 5.95 Å². The van der Waals surface area contributed by atoms with Crippen molar-refractivity contribution in [3.63, 3.8) is 0 Å². The van der Waals surface area contributed by atoms with Crippen molar-refractivity contribution in [3.05, 3.63) is 48.5 Å². The highest BCUT2D eigenvalue weighted by molar-refractivity contribution is 5.97. The highest BCUT2D eigenvalue weighted by Gasteiger charge is 2.22. The van der Waals surface area contributed by atoms with Crippen molar-refractivity contribution < 1.29 is 4.79 Å². The van der Waals surface area contributed by atoms with Crippen LogP contribution in [0.2, 0.25) is 0 Å². The van der Waals surface area contributed by atoms with E-state index < -0.39 is 0 Å². The molecule has 1 aliphatic rings. The highest BCUT2D eigenvalue weighted by Crippen LogP contribution is 2.16. The van der Waals surface area contributed by atoms with E-state index in [2.05, 4.69) is 30.2 Å². The lowest BCUT2D eigenvalue weighted by molar-refractivity contribution is 0.0931. The molecule has 4 rings (SSSR count). The van der Waals surface area contributed by atoms with Gasteiger partial charge in [-0.1, -0.05) is 0 Å². The number of imidazole rings is 1. The van der Waals surface area contributed by atoms with E-state index in [0.717, 1.165) is 42.9 Å². The van der Waals surface area contributed by atoms with Crippen molar-refractivity contribution in [1.29, 1.82) is 0 Å². The van der Waals surface area contributed by atoms with Crippen molar-refractivity contribution >= 4 is 22.9 Å². The summed E-state index contributed by atoms with van der Waals surface area (Å²) in [5.41, 5.74) is 2.39. The molecule has 1 saturated heterocycles. The maximum absolute atomic E-state index is 12.4. The normalized spacial score (nSPS) is 15.6. The quantitative estimate of drug-likeness (QED) is 0.767.